The lowest BCUT2D eigenvalue weighted by Gasteiger charge is -2.35. The van der Waals surface area contributed by atoms with Crippen LogP contribution in [0.5, 0.6) is 0 Å². The molecule has 1 aliphatic rings. The van der Waals surface area contributed by atoms with Crippen LogP contribution in [0.25, 0.3) is 0 Å². The van der Waals surface area contributed by atoms with E-state index in [-0.39, 0.29) is 18.6 Å². The summed E-state index contributed by atoms with van der Waals surface area (Å²) < 4.78 is 17.4. The van der Waals surface area contributed by atoms with Gasteiger partial charge in [0.25, 0.3) is 5.91 Å². The van der Waals surface area contributed by atoms with Crippen molar-refractivity contribution in [3.05, 3.63) is 29.8 Å². The summed E-state index contributed by atoms with van der Waals surface area (Å²) in [5.74, 6) is -0.977. The van der Waals surface area contributed by atoms with Gasteiger partial charge in [0.2, 0.25) is 0 Å². The monoisotopic (exact) mass is 325 g/mol. The molecule has 1 N–H and O–H groups in total. The molecule has 120 valence electrons. The van der Waals surface area contributed by atoms with Gasteiger partial charge in [0.1, 0.15) is 0 Å². The zero-order chi connectivity index (χ0) is 16.3. The van der Waals surface area contributed by atoms with Crippen LogP contribution in [0.1, 0.15) is 24.2 Å². The summed E-state index contributed by atoms with van der Waals surface area (Å²) in [6, 6.07) is 6.75. The molecule has 1 heterocycles. The van der Waals surface area contributed by atoms with E-state index in [4.69, 9.17) is 9.84 Å². The Balaban J connectivity index is 2.28. The van der Waals surface area contributed by atoms with E-state index in [0.717, 1.165) is 0 Å². The third kappa shape index (κ3) is 3.53. The first-order chi connectivity index (χ1) is 10.4. The average Bonchev–Trinajstić information content (AvgIpc) is 2.52. The average molecular weight is 325 g/mol. The van der Waals surface area contributed by atoms with Crippen LogP contribution in [0, 0.1) is 0 Å². The molecule has 1 amide bonds. The number of carbonyl (C=O) groups is 2. The van der Waals surface area contributed by atoms with Crippen LogP contribution < -0.4 is 0 Å². The maximum Gasteiger partial charge on any atom is 0.334 e. The number of amides is 1. The lowest BCUT2D eigenvalue weighted by molar-refractivity contribution is -0.160. The molecule has 1 saturated heterocycles. The summed E-state index contributed by atoms with van der Waals surface area (Å²) in [6.45, 7) is 3.82. The number of nitrogens with zero attached hydrogens (tertiary/aromatic N) is 1. The zero-order valence-electron chi connectivity index (χ0n) is 12.5. The van der Waals surface area contributed by atoms with E-state index >= 15 is 0 Å². The standard InChI is InChI=1S/C15H19NO5S/c1-3-22(20)13-7-5-4-6-11(13)14(17)16-8-10(2)21-12(9-16)15(18)19/h4-7,10,12H,3,8-9H2,1-2H3,(H,18,19)/t10-,12?,22?/m1/s1. The van der Waals surface area contributed by atoms with Crippen LogP contribution in [0.3, 0.4) is 0 Å². The molecule has 2 unspecified atom stereocenters. The van der Waals surface area contributed by atoms with Gasteiger partial charge >= 0.3 is 5.97 Å². The number of carboxylic acid groups (broad SMARTS) is 1. The van der Waals surface area contributed by atoms with Crippen molar-refractivity contribution in [1.29, 1.82) is 0 Å². The lowest BCUT2D eigenvalue weighted by Crippen LogP contribution is -2.51. The largest absolute Gasteiger partial charge is 0.479 e. The molecular formula is C15H19NO5S. The first-order valence-electron chi connectivity index (χ1n) is 7.09. The minimum atomic E-state index is -1.25. The predicted octanol–water partition coefficient (Wildman–Crippen LogP) is 1.13. The number of ether oxygens (including phenoxy) is 1. The van der Waals surface area contributed by atoms with Crippen LogP contribution >= 0.6 is 0 Å². The molecule has 2 rings (SSSR count). The summed E-state index contributed by atoms with van der Waals surface area (Å²) >= 11 is 0. The van der Waals surface area contributed by atoms with Crippen LogP contribution in [0.2, 0.25) is 0 Å². The van der Waals surface area contributed by atoms with Gasteiger partial charge < -0.3 is 14.7 Å². The first kappa shape index (κ1) is 16.6. The Morgan fingerprint density at radius 1 is 1.36 bits per heavy atom. The number of hydrogen-bond donors (Lipinski definition) is 1. The van der Waals surface area contributed by atoms with Crippen molar-refractivity contribution in [1.82, 2.24) is 4.90 Å². The van der Waals surface area contributed by atoms with Gasteiger partial charge in [0.05, 0.1) is 33.9 Å². The van der Waals surface area contributed by atoms with Gasteiger partial charge in [-0.1, -0.05) is 19.1 Å². The number of rotatable bonds is 4. The fourth-order valence-corrected chi connectivity index (χ4v) is 3.36. The van der Waals surface area contributed by atoms with Gasteiger partial charge in [-0.15, -0.1) is 0 Å². The molecule has 22 heavy (non-hydrogen) atoms. The van der Waals surface area contributed by atoms with Crippen molar-refractivity contribution in [3.8, 4) is 0 Å². The second-order valence-electron chi connectivity index (χ2n) is 5.11. The minimum Gasteiger partial charge on any atom is -0.479 e. The summed E-state index contributed by atoms with van der Waals surface area (Å²) in [7, 11) is -1.25. The molecule has 7 heteroatoms. The van der Waals surface area contributed by atoms with Crippen LogP contribution in [-0.4, -0.2) is 57.1 Å². The van der Waals surface area contributed by atoms with Gasteiger partial charge in [0.15, 0.2) is 6.10 Å². The van der Waals surface area contributed by atoms with Crippen molar-refractivity contribution < 1.29 is 23.6 Å². The highest BCUT2D eigenvalue weighted by molar-refractivity contribution is 7.85. The first-order valence-corrected chi connectivity index (χ1v) is 8.40. The molecule has 0 aliphatic carbocycles. The molecule has 0 aromatic heterocycles. The Morgan fingerprint density at radius 3 is 2.68 bits per heavy atom. The van der Waals surface area contributed by atoms with Crippen LogP contribution in [-0.2, 0) is 20.3 Å². The molecule has 1 aliphatic heterocycles. The summed E-state index contributed by atoms with van der Waals surface area (Å²) in [5, 5.41) is 9.10. The normalized spacial score (nSPS) is 23.1. The Morgan fingerprint density at radius 2 is 2.05 bits per heavy atom. The third-order valence-electron chi connectivity index (χ3n) is 3.45. The predicted molar refractivity (Wildman–Crippen MR) is 81.3 cm³/mol. The van der Waals surface area contributed by atoms with Crippen LogP contribution in [0.15, 0.2) is 29.2 Å². The van der Waals surface area contributed by atoms with Crippen molar-refractivity contribution in [2.75, 3.05) is 18.8 Å². The highest BCUT2D eigenvalue weighted by atomic mass is 32.2. The molecule has 0 radical (unpaired) electrons. The van der Waals surface area contributed by atoms with Crippen molar-refractivity contribution in [2.24, 2.45) is 0 Å². The number of aliphatic carboxylic acids is 1. The highest BCUT2D eigenvalue weighted by Gasteiger charge is 2.33. The summed E-state index contributed by atoms with van der Waals surface area (Å²) in [4.78, 5) is 25.8. The smallest absolute Gasteiger partial charge is 0.334 e. The topological polar surface area (TPSA) is 83.9 Å². The number of benzene rings is 1. The van der Waals surface area contributed by atoms with Gasteiger partial charge in [-0.2, -0.15) is 0 Å². The van der Waals surface area contributed by atoms with E-state index in [1.54, 1.807) is 38.1 Å². The number of carboxylic acids is 1. The molecule has 3 atom stereocenters. The quantitative estimate of drug-likeness (QED) is 0.897. The molecular weight excluding hydrogens is 306 g/mol. The number of morpholine rings is 1. The Kier molecular flexibility index (Phi) is 5.31. The van der Waals surface area contributed by atoms with E-state index in [0.29, 0.717) is 22.8 Å². The molecule has 1 aromatic carbocycles. The molecule has 1 aromatic rings. The fraction of sp³-hybridized carbons (Fsp3) is 0.467. The maximum atomic E-state index is 12.7. The SMILES string of the molecule is CCS(=O)c1ccccc1C(=O)N1CC(C(=O)O)O[C@H](C)C1. The molecule has 6 nitrogen and oxygen atoms in total. The van der Waals surface area contributed by atoms with E-state index in [1.807, 2.05) is 0 Å². The van der Waals surface area contributed by atoms with Gasteiger partial charge in [0, 0.05) is 12.3 Å². The molecule has 1 fully saturated rings. The fourth-order valence-electron chi connectivity index (χ4n) is 2.42. The van der Waals surface area contributed by atoms with E-state index < -0.39 is 22.9 Å². The Labute approximate surface area is 131 Å². The second kappa shape index (κ2) is 7.02. The number of carbonyl (C=O) groups excluding carboxylic acids is 1. The van der Waals surface area contributed by atoms with Gasteiger partial charge in [-0.3, -0.25) is 9.00 Å². The Hall–Kier alpha value is -1.73. The maximum absolute atomic E-state index is 12.7. The molecule has 0 spiro atoms. The van der Waals surface area contributed by atoms with Crippen molar-refractivity contribution >= 4 is 22.7 Å². The second-order valence-corrected chi connectivity index (χ2v) is 6.82. The van der Waals surface area contributed by atoms with Crippen LogP contribution in [0.4, 0.5) is 0 Å². The molecule has 0 bridgehead atoms. The van der Waals surface area contributed by atoms with E-state index in [1.165, 1.54) is 4.90 Å². The summed E-state index contributed by atoms with van der Waals surface area (Å²) in [5.41, 5.74) is 0.362. The summed E-state index contributed by atoms with van der Waals surface area (Å²) in [6.07, 6.45) is -1.39. The van der Waals surface area contributed by atoms with Gasteiger partial charge in [-0.25, -0.2) is 4.79 Å². The van der Waals surface area contributed by atoms with Crippen molar-refractivity contribution in [3.63, 3.8) is 0 Å². The van der Waals surface area contributed by atoms with E-state index in [2.05, 4.69) is 0 Å². The molecule has 0 saturated carbocycles. The van der Waals surface area contributed by atoms with Crippen molar-refractivity contribution in [2.45, 2.75) is 31.0 Å². The highest BCUT2D eigenvalue weighted by Crippen LogP contribution is 2.19. The lowest BCUT2D eigenvalue weighted by atomic mass is 10.1. The Bertz CT molecular complexity index is 603. The zero-order valence-corrected chi connectivity index (χ0v) is 13.3. The number of hydrogen-bond acceptors (Lipinski definition) is 4. The third-order valence-corrected chi connectivity index (χ3v) is 4.82. The van der Waals surface area contributed by atoms with E-state index in [9.17, 15) is 13.8 Å². The minimum absolute atomic E-state index is 0.00833. The van der Waals surface area contributed by atoms with Gasteiger partial charge in [-0.05, 0) is 19.1 Å².